The maximum atomic E-state index is 13.6. The van der Waals surface area contributed by atoms with Gasteiger partial charge in [0, 0.05) is 12.6 Å². The van der Waals surface area contributed by atoms with Crippen LogP contribution in [0.25, 0.3) is 0 Å². The van der Waals surface area contributed by atoms with Crippen LogP contribution in [-0.4, -0.2) is 39.5 Å². The highest BCUT2D eigenvalue weighted by Crippen LogP contribution is 2.21. The molecule has 0 amide bonds. The Morgan fingerprint density at radius 2 is 2.19 bits per heavy atom. The Bertz CT molecular complexity index is 669. The van der Waals surface area contributed by atoms with Crippen LogP contribution in [0.3, 0.4) is 0 Å². The summed E-state index contributed by atoms with van der Waals surface area (Å²) in [6.45, 7) is 3.56. The van der Waals surface area contributed by atoms with Gasteiger partial charge in [0.2, 0.25) is 10.0 Å². The van der Waals surface area contributed by atoms with Crippen molar-refractivity contribution >= 4 is 10.0 Å². The Morgan fingerprint density at radius 3 is 2.81 bits per heavy atom. The van der Waals surface area contributed by atoms with E-state index in [1.54, 1.807) is 6.07 Å². The number of nitriles is 1. The molecule has 2 atom stereocenters. The topological polar surface area (TPSA) is 73.2 Å². The molecule has 1 aromatic carbocycles. The number of piperidine rings is 1. The van der Waals surface area contributed by atoms with Crippen LogP contribution in [0, 0.1) is 23.1 Å². The number of sulfonamides is 1. The third kappa shape index (κ3) is 3.40. The zero-order valence-electron chi connectivity index (χ0n) is 12.0. The number of benzene rings is 1. The predicted molar refractivity (Wildman–Crippen MR) is 76.5 cm³/mol. The standard InChI is InChI=1S/C14H18FN3O2S/c1-10-9-18(2)7-6-13(10)17-21(19,20)14-5-3-4-12(15)11(14)8-16/h3-5,10,13,17H,6-7,9H2,1-2H3. The van der Waals surface area contributed by atoms with Crippen LogP contribution in [-0.2, 0) is 10.0 Å². The van der Waals surface area contributed by atoms with Crippen LogP contribution >= 0.6 is 0 Å². The Kier molecular flexibility index (Phi) is 4.61. The molecule has 1 saturated heterocycles. The first-order valence-electron chi connectivity index (χ1n) is 6.74. The molecule has 114 valence electrons. The highest BCUT2D eigenvalue weighted by molar-refractivity contribution is 7.89. The van der Waals surface area contributed by atoms with Crippen molar-refractivity contribution in [1.82, 2.24) is 9.62 Å². The summed E-state index contributed by atoms with van der Waals surface area (Å²) in [7, 11) is -1.92. The number of nitrogens with one attached hydrogen (secondary N) is 1. The summed E-state index contributed by atoms with van der Waals surface area (Å²) in [5.41, 5.74) is -0.439. The second-order valence-corrected chi connectivity index (χ2v) is 7.16. The van der Waals surface area contributed by atoms with Gasteiger partial charge in [-0.1, -0.05) is 13.0 Å². The average Bonchev–Trinajstić information content (AvgIpc) is 2.41. The van der Waals surface area contributed by atoms with Gasteiger partial charge in [-0.2, -0.15) is 5.26 Å². The first-order chi connectivity index (χ1) is 9.85. The molecule has 5 nitrogen and oxygen atoms in total. The van der Waals surface area contributed by atoms with Gasteiger partial charge in [-0.3, -0.25) is 0 Å². The summed E-state index contributed by atoms with van der Waals surface area (Å²) in [5.74, 6) is -0.672. The second-order valence-electron chi connectivity index (χ2n) is 5.48. The molecule has 0 radical (unpaired) electrons. The third-order valence-corrected chi connectivity index (χ3v) is 5.32. The van der Waals surface area contributed by atoms with Crippen LogP contribution in [0.2, 0.25) is 0 Å². The molecule has 7 heteroatoms. The zero-order chi connectivity index (χ0) is 15.6. The monoisotopic (exact) mass is 311 g/mol. The minimum atomic E-state index is -3.91. The van der Waals surface area contributed by atoms with E-state index in [9.17, 15) is 12.8 Å². The summed E-state index contributed by atoms with van der Waals surface area (Å²) in [5, 5.41) is 8.97. The minimum Gasteiger partial charge on any atom is -0.306 e. The van der Waals surface area contributed by atoms with Crippen molar-refractivity contribution in [3.8, 4) is 6.07 Å². The zero-order valence-corrected chi connectivity index (χ0v) is 12.8. The van der Waals surface area contributed by atoms with Gasteiger partial charge in [-0.05, 0) is 38.1 Å². The van der Waals surface area contributed by atoms with Gasteiger partial charge in [0.15, 0.2) is 0 Å². The second kappa shape index (κ2) is 6.10. The van der Waals surface area contributed by atoms with Crippen molar-refractivity contribution in [2.75, 3.05) is 20.1 Å². The molecule has 0 aliphatic carbocycles. The van der Waals surface area contributed by atoms with Crippen LogP contribution in [0.4, 0.5) is 4.39 Å². The number of halogens is 1. The lowest BCUT2D eigenvalue weighted by Crippen LogP contribution is -2.48. The van der Waals surface area contributed by atoms with Crippen LogP contribution in [0.15, 0.2) is 23.1 Å². The molecule has 1 N–H and O–H groups in total. The molecule has 1 aliphatic rings. The van der Waals surface area contributed by atoms with E-state index in [0.717, 1.165) is 19.2 Å². The van der Waals surface area contributed by atoms with E-state index in [1.165, 1.54) is 12.1 Å². The van der Waals surface area contributed by atoms with Crippen molar-refractivity contribution < 1.29 is 12.8 Å². The fourth-order valence-electron chi connectivity index (χ4n) is 2.63. The first-order valence-corrected chi connectivity index (χ1v) is 8.23. The largest absolute Gasteiger partial charge is 0.306 e. The van der Waals surface area contributed by atoms with E-state index in [2.05, 4.69) is 9.62 Å². The average molecular weight is 311 g/mol. The van der Waals surface area contributed by atoms with Crippen molar-refractivity contribution in [3.63, 3.8) is 0 Å². The summed E-state index contributed by atoms with van der Waals surface area (Å²) in [6.07, 6.45) is 0.689. The molecule has 0 spiro atoms. The number of nitrogens with zero attached hydrogens (tertiary/aromatic N) is 2. The molecular weight excluding hydrogens is 293 g/mol. The lowest BCUT2D eigenvalue weighted by atomic mass is 9.95. The molecule has 2 rings (SSSR count). The molecule has 1 fully saturated rings. The summed E-state index contributed by atoms with van der Waals surface area (Å²) in [6, 6.07) is 5.04. The van der Waals surface area contributed by atoms with Crippen LogP contribution in [0.5, 0.6) is 0 Å². The minimum absolute atomic E-state index is 0.151. The van der Waals surface area contributed by atoms with E-state index in [0.29, 0.717) is 6.42 Å². The van der Waals surface area contributed by atoms with Gasteiger partial charge >= 0.3 is 0 Å². The summed E-state index contributed by atoms with van der Waals surface area (Å²) >= 11 is 0. The van der Waals surface area contributed by atoms with Gasteiger partial charge in [0.05, 0.1) is 0 Å². The highest BCUT2D eigenvalue weighted by Gasteiger charge is 2.30. The molecule has 1 aromatic rings. The van der Waals surface area contributed by atoms with E-state index in [1.807, 2.05) is 14.0 Å². The van der Waals surface area contributed by atoms with Crippen molar-refractivity contribution in [2.45, 2.75) is 24.3 Å². The normalized spacial score (nSPS) is 23.7. The number of hydrogen-bond acceptors (Lipinski definition) is 4. The lowest BCUT2D eigenvalue weighted by Gasteiger charge is -2.35. The van der Waals surface area contributed by atoms with Gasteiger partial charge in [0.25, 0.3) is 0 Å². The lowest BCUT2D eigenvalue weighted by molar-refractivity contribution is 0.188. The van der Waals surface area contributed by atoms with E-state index < -0.39 is 21.4 Å². The molecule has 0 saturated carbocycles. The van der Waals surface area contributed by atoms with Gasteiger partial charge in [0.1, 0.15) is 22.3 Å². The summed E-state index contributed by atoms with van der Waals surface area (Å²) in [4.78, 5) is 1.84. The van der Waals surface area contributed by atoms with Gasteiger partial charge in [-0.25, -0.2) is 17.5 Å². The van der Waals surface area contributed by atoms with E-state index in [-0.39, 0.29) is 16.9 Å². The highest BCUT2D eigenvalue weighted by atomic mass is 32.2. The van der Waals surface area contributed by atoms with Crippen LogP contribution in [0.1, 0.15) is 18.9 Å². The fourth-order valence-corrected chi connectivity index (χ4v) is 4.17. The molecule has 21 heavy (non-hydrogen) atoms. The van der Waals surface area contributed by atoms with Gasteiger partial charge < -0.3 is 4.90 Å². The number of hydrogen-bond donors (Lipinski definition) is 1. The van der Waals surface area contributed by atoms with Crippen molar-refractivity contribution in [3.05, 3.63) is 29.6 Å². The molecular formula is C14H18FN3O2S. The van der Waals surface area contributed by atoms with Gasteiger partial charge in [-0.15, -0.1) is 0 Å². The fraction of sp³-hybridized carbons (Fsp3) is 0.500. The molecule has 1 aliphatic heterocycles. The number of rotatable bonds is 3. The molecule has 2 unspecified atom stereocenters. The quantitative estimate of drug-likeness (QED) is 0.913. The van der Waals surface area contributed by atoms with E-state index in [4.69, 9.17) is 5.26 Å². The van der Waals surface area contributed by atoms with Crippen molar-refractivity contribution in [1.29, 1.82) is 5.26 Å². The van der Waals surface area contributed by atoms with Crippen molar-refractivity contribution in [2.24, 2.45) is 5.92 Å². The molecule has 0 aromatic heterocycles. The van der Waals surface area contributed by atoms with E-state index >= 15 is 0 Å². The predicted octanol–water partition coefficient (Wildman–Crippen LogP) is 1.32. The Hall–Kier alpha value is -1.49. The Balaban J connectivity index is 2.28. The maximum Gasteiger partial charge on any atom is 0.242 e. The molecule has 0 bridgehead atoms. The van der Waals surface area contributed by atoms with Crippen LogP contribution < -0.4 is 4.72 Å². The maximum absolute atomic E-state index is 13.6. The third-order valence-electron chi connectivity index (χ3n) is 3.79. The molecule has 1 heterocycles. The smallest absolute Gasteiger partial charge is 0.242 e. The first kappa shape index (κ1) is 15.9. The Morgan fingerprint density at radius 1 is 1.48 bits per heavy atom. The SMILES string of the molecule is CC1CN(C)CCC1NS(=O)(=O)c1cccc(F)c1C#N. The number of likely N-dealkylation sites (tertiary alicyclic amines) is 1. The Labute approximate surface area is 124 Å². The summed E-state index contributed by atoms with van der Waals surface area (Å²) < 4.78 is 41.0.